The molecule has 1 aromatic rings. The second-order valence-corrected chi connectivity index (χ2v) is 6.62. The quantitative estimate of drug-likeness (QED) is 0.815. The van der Waals surface area contributed by atoms with Gasteiger partial charge in [-0.2, -0.15) is 0 Å². The molecule has 0 aromatic heterocycles. The van der Waals surface area contributed by atoms with Gasteiger partial charge in [0.2, 0.25) is 5.91 Å². The van der Waals surface area contributed by atoms with Crippen LogP contribution >= 0.6 is 0 Å². The first-order valence-electron chi connectivity index (χ1n) is 9.37. The summed E-state index contributed by atoms with van der Waals surface area (Å²) in [6, 6.07) is 6.56. The monoisotopic (exact) mass is 361 g/mol. The van der Waals surface area contributed by atoms with Crippen LogP contribution in [0.5, 0.6) is 5.75 Å². The lowest BCUT2D eigenvalue weighted by atomic mass is 10.2. The van der Waals surface area contributed by atoms with Crippen molar-refractivity contribution in [3.05, 3.63) is 24.3 Å². The molecule has 2 N–H and O–H groups in total. The molecule has 2 heterocycles. The van der Waals surface area contributed by atoms with E-state index in [1.807, 2.05) is 19.1 Å². The van der Waals surface area contributed by atoms with E-state index < -0.39 is 6.04 Å². The highest BCUT2D eigenvalue weighted by Gasteiger charge is 2.34. The number of nitrogens with zero attached hydrogens (tertiary/aromatic N) is 1. The number of hydrogen-bond acceptors (Lipinski definition) is 4. The molecule has 0 unspecified atom stereocenters. The van der Waals surface area contributed by atoms with Crippen LogP contribution in [0.2, 0.25) is 0 Å². The largest absolute Gasteiger partial charge is 0.494 e. The van der Waals surface area contributed by atoms with E-state index >= 15 is 0 Å². The third kappa shape index (κ3) is 4.66. The molecule has 0 aliphatic carbocycles. The molecule has 142 valence electrons. The van der Waals surface area contributed by atoms with Crippen LogP contribution in [0.15, 0.2) is 24.3 Å². The zero-order chi connectivity index (χ0) is 18.4. The maximum absolute atomic E-state index is 12.6. The lowest BCUT2D eigenvalue weighted by Crippen LogP contribution is -2.48. The third-order valence-corrected chi connectivity index (χ3v) is 4.76. The summed E-state index contributed by atoms with van der Waals surface area (Å²) in [7, 11) is 0. The fourth-order valence-corrected chi connectivity index (χ4v) is 3.42. The Balaban J connectivity index is 1.52. The molecule has 2 aliphatic heterocycles. The van der Waals surface area contributed by atoms with Crippen molar-refractivity contribution in [2.24, 2.45) is 0 Å². The van der Waals surface area contributed by atoms with Crippen molar-refractivity contribution in [3.63, 3.8) is 0 Å². The second-order valence-electron chi connectivity index (χ2n) is 6.62. The van der Waals surface area contributed by atoms with Crippen molar-refractivity contribution in [3.8, 4) is 5.75 Å². The number of urea groups is 1. The van der Waals surface area contributed by atoms with E-state index in [9.17, 15) is 9.59 Å². The number of rotatable bonds is 6. The first kappa shape index (κ1) is 18.5. The fourth-order valence-electron chi connectivity index (χ4n) is 3.42. The minimum atomic E-state index is -0.417. The number of anilines is 1. The van der Waals surface area contributed by atoms with Crippen LogP contribution in [0.1, 0.15) is 32.6 Å². The van der Waals surface area contributed by atoms with Crippen molar-refractivity contribution in [2.45, 2.75) is 44.8 Å². The van der Waals surface area contributed by atoms with E-state index in [0.717, 1.165) is 31.6 Å². The molecule has 0 saturated carbocycles. The third-order valence-electron chi connectivity index (χ3n) is 4.76. The van der Waals surface area contributed by atoms with E-state index in [1.54, 1.807) is 17.0 Å². The van der Waals surface area contributed by atoms with Gasteiger partial charge in [-0.1, -0.05) is 0 Å². The Bertz CT molecular complexity index is 614. The Kier molecular flexibility index (Phi) is 6.33. The summed E-state index contributed by atoms with van der Waals surface area (Å²) >= 11 is 0. The molecule has 1 aromatic carbocycles. The normalized spacial score (nSPS) is 22.3. The molecule has 7 nitrogen and oxygen atoms in total. The number of carbonyl (C=O) groups is 2. The highest BCUT2D eigenvalue weighted by atomic mass is 16.5. The number of carbonyl (C=O) groups excluding carboxylic acids is 2. The van der Waals surface area contributed by atoms with Crippen LogP contribution in [0.3, 0.4) is 0 Å². The summed E-state index contributed by atoms with van der Waals surface area (Å²) in [6.45, 7) is 4.39. The molecule has 7 heteroatoms. The van der Waals surface area contributed by atoms with E-state index in [2.05, 4.69) is 10.6 Å². The fraction of sp³-hybridized carbons (Fsp3) is 0.579. The predicted molar refractivity (Wildman–Crippen MR) is 98.3 cm³/mol. The topological polar surface area (TPSA) is 79.9 Å². The molecule has 2 saturated heterocycles. The lowest BCUT2D eigenvalue weighted by Gasteiger charge is -2.24. The van der Waals surface area contributed by atoms with Crippen LogP contribution in [0.25, 0.3) is 0 Å². The van der Waals surface area contributed by atoms with Crippen molar-refractivity contribution in [1.29, 1.82) is 0 Å². The maximum Gasteiger partial charge on any atom is 0.322 e. The predicted octanol–water partition coefficient (Wildman–Crippen LogP) is 2.38. The first-order valence-corrected chi connectivity index (χ1v) is 9.37. The second kappa shape index (κ2) is 8.89. The Hall–Kier alpha value is -2.28. The highest BCUT2D eigenvalue weighted by molar-refractivity contribution is 5.94. The van der Waals surface area contributed by atoms with E-state index in [-0.39, 0.29) is 18.0 Å². The van der Waals surface area contributed by atoms with Gasteiger partial charge in [-0.05, 0) is 56.9 Å². The maximum atomic E-state index is 12.6. The van der Waals surface area contributed by atoms with Gasteiger partial charge in [0.05, 0.1) is 12.7 Å². The molecule has 0 bridgehead atoms. The van der Waals surface area contributed by atoms with Gasteiger partial charge in [0.15, 0.2) is 0 Å². The van der Waals surface area contributed by atoms with Gasteiger partial charge in [0.25, 0.3) is 0 Å². The summed E-state index contributed by atoms with van der Waals surface area (Å²) < 4.78 is 10.9. The van der Waals surface area contributed by atoms with Crippen LogP contribution in [-0.2, 0) is 9.53 Å². The number of hydrogen-bond donors (Lipinski definition) is 2. The Morgan fingerprint density at radius 3 is 2.73 bits per heavy atom. The van der Waals surface area contributed by atoms with Gasteiger partial charge in [-0.3, -0.25) is 4.79 Å². The molecular formula is C19H27N3O4. The number of ether oxygens (including phenoxy) is 2. The van der Waals surface area contributed by atoms with Crippen LogP contribution in [0.4, 0.5) is 10.5 Å². The van der Waals surface area contributed by atoms with E-state index in [0.29, 0.717) is 31.8 Å². The Morgan fingerprint density at radius 2 is 2.04 bits per heavy atom. The molecule has 2 atom stereocenters. The highest BCUT2D eigenvalue weighted by Crippen LogP contribution is 2.21. The Labute approximate surface area is 154 Å². The summed E-state index contributed by atoms with van der Waals surface area (Å²) in [5, 5.41) is 5.80. The van der Waals surface area contributed by atoms with Crippen LogP contribution < -0.4 is 15.4 Å². The molecule has 26 heavy (non-hydrogen) atoms. The molecular weight excluding hydrogens is 334 g/mol. The first-order chi connectivity index (χ1) is 12.7. The van der Waals surface area contributed by atoms with Crippen molar-refractivity contribution in [1.82, 2.24) is 10.2 Å². The van der Waals surface area contributed by atoms with Gasteiger partial charge in [-0.15, -0.1) is 0 Å². The average Bonchev–Trinajstić information content (AvgIpc) is 3.33. The average molecular weight is 361 g/mol. The Morgan fingerprint density at radius 1 is 1.23 bits per heavy atom. The number of likely N-dealkylation sites (tertiary alicyclic amines) is 1. The summed E-state index contributed by atoms with van der Waals surface area (Å²) in [5.74, 6) is 0.665. The van der Waals surface area contributed by atoms with Crippen molar-refractivity contribution < 1.29 is 19.1 Å². The van der Waals surface area contributed by atoms with Crippen molar-refractivity contribution in [2.75, 3.05) is 31.6 Å². The molecule has 0 spiro atoms. The lowest BCUT2D eigenvalue weighted by molar-refractivity contribution is -0.125. The molecule has 3 rings (SSSR count). The molecule has 3 amide bonds. The SMILES string of the molecule is CCOc1ccc(NC(=O)N2CCC[C@@H]2C(=O)NC[C@H]2CCCO2)cc1. The van der Waals surface area contributed by atoms with E-state index in [4.69, 9.17) is 9.47 Å². The van der Waals surface area contributed by atoms with Gasteiger partial charge in [0, 0.05) is 25.4 Å². The summed E-state index contributed by atoms with van der Waals surface area (Å²) in [5.41, 5.74) is 0.684. The standard InChI is InChI=1S/C19H27N3O4/c1-2-25-15-9-7-14(8-10-15)21-19(24)22-11-3-6-17(22)18(23)20-13-16-5-4-12-26-16/h7-10,16-17H,2-6,11-13H2,1H3,(H,20,23)(H,21,24)/t16-,17-/m1/s1. The van der Waals surface area contributed by atoms with Gasteiger partial charge in [0.1, 0.15) is 11.8 Å². The summed E-state index contributed by atoms with van der Waals surface area (Å²) in [4.78, 5) is 26.7. The zero-order valence-electron chi connectivity index (χ0n) is 15.2. The minimum Gasteiger partial charge on any atom is -0.494 e. The van der Waals surface area contributed by atoms with Gasteiger partial charge >= 0.3 is 6.03 Å². The molecule has 2 aliphatic rings. The minimum absolute atomic E-state index is 0.0974. The van der Waals surface area contributed by atoms with E-state index in [1.165, 1.54) is 0 Å². The number of amides is 3. The van der Waals surface area contributed by atoms with Crippen LogP contribution in [0, 0.1) is 0 Å². The van der Waals surface area contributed by atoms with Gasteiger partial charge in [-0.25, -0.2) is 4.79 Å². The number of benzene rings is 1. The smallest absolute Gasteiger partial charge is 0.322 e. The molecule has 0 radical (unpaired) electrons. The van der Waals surface area contributed by atoms with Crippen LogP contribution in [-0.4, -0.2) is 55.3 Å². The number of nitrogens with one attached hydrogen (secondary N) is 2. The van der Waals surface area contributed by atoms with Crippen molar-refractivity contribution >= 4 is 17.6 Å². The van der Waals surface area contributed by atoms with Gasteiger partial charge < -0.3 is 25.0 Å². The zero-order valence-corrected chi connectivity index (χ0v) is 15.2. The molecule has 2 fully saturated rings. The summed E-state index contributed by atoms with van der Waals surface area (Å²) in [6.07, 6.45) is 3.64.